The molecule has 20 heavy (non-hydrogen) atoms. The van der Waals surface area contributed by atoms with Crippen molar-refractivity contribution in [2.24, 2.45) is 11.8 Å². The topological polar surface area (TPSA) is 97.8 Å². The predicted molar refractivity (Wildman–Crippen MR) is 75.4 cm³/mol. The SMILES string of the molecule is CC1CCN(c2nc(NN)nc(-n3cccn3)n2)CC1. The summed E-state index contributed by atoms with van der Waals surface area (Å²) in [4.78, 5) is 15.2. The fourth-order valence-corrected chi connectivity index (χ4v) is 2.26. The molecule has 3 rings (SSSR count). The van der Waals surface area contributed by atoms with Crippen molar-refractivity contribution in [2.75, 3.05) is 23.4 Å². The fraction of sp³-hybridized carbons (Fsp3) is 0.500. The third-order valence-electron chi connectivity index (χ3n) is 3.52. The largest absolute Gasteiger partial charge is 0.341 e. The van der Waals surface area contributed by atoms with E-state index in [2.05, 4.69) is 37.3 Å². The maximum absolute atomic E-state index is 5.44. The Labute approximate surface area is 117 Å². The number of hydrogen-bond acceptors (Lipinski definition) is 7. The standard InChI is InChI=1S/C12H18N8/c1-9-3-7-19(8-4-9)11-15-10(18-13)16-12(17-11)20-6-2-5-14-20/h2,5-6,9H,3-4,7-8,13H2,1H3,(H,15,16,17,18). The number of nitrogens with two attached hydrogens (primary N) is 1. The monoisotopic (exact) mass is 274 g/mol. The van der Waals surface area contributed by atoms with Gasteiger partial charge in [-0.25, -0.2) is 10.5 Å². The van der Waals surface area contributed by atoms with Gasteiger partial charge in [0.1, 0.15) is 0 Å². The highest BCUT2D eigenvalue weighted by molar-refractivity contribution is 5.39. The van der Waals surface area contributed by atoms with Gasteiger partial charge >= 0.3 is 0 Å². The van der Waals surface area contributed by atoms with Crippen molar-refractivity contribution < 1.29 is 0 Å². The maximum Gasteiger partial charge on any atom is 0.257 e. The van der Waals surface area contributed by atoms with Crippen LogP contribution in [0.4, 0.5) is 11.9 Å². The summed E-state index contributed by atoms with van der Waals surface area (Å²) in [7, 11) is 0. The van der Waals surface area contributed by atoms with Gasteiger partial charge < -0.3 is 4.90 Å². The van der Waals surface area contributed by atoms with Crippen LogP contribution in [0.2, 0.25) is 0 Å². The molecule has 2 aromatic heterocycles. The summed E-state index contributed by atoms with van der Waals surface area (Å²) >= 11 is 0. The lowest BCUT2D eigenvalue weighted by molar-refractivity contribution is 0.434. The normalized spacial score (nSPS) is 16.4. The summed E-state index contributed by atoms with van der Waals surface area (Å²) in [6.45, 7) is 4.17. The van der Waals surface area contributed by atoms with E-state index in [1.807, 2.05) is 6.07 Å². The number of nitrogens with one attached hydrogen (secondary N) is 1. The van der Waals surface area contributed by atoms with Crippen LogP contribution in [0.5, 0.6) is 0 Å². The van der Waals surface area contributed by atoms with Gasteiger partial charge in [-0.1, -0.05) is 6.92 Å². The van der Waals surface area contributed by atoms with Crippen molar-refractivity contribution in [3.05, 3.63) is 18.5 Å². The zero-order valence-electron chi connectivity index (χ0n) is 11.4. The molecule has 1 fully saturated rings. The molecule has 106 valence electrons. The maximum atomic E-state index is 5.44. The van der Waals surface area contributed by atoms with Crippen LogP contribution >= 0.6 is 0 Å². The Bertz CT molecular complexity index is 559. The average molecular weight is 274 g/mol. The first-order chi connectivity index (χ1) is 9.76. The molecule has 0 aromatic carbocycles. The Hall–Kier alpha value is -2.22. The van der Waals surface area contributed by atoms with Gasteiger partial charge in [0.15, 0.2) is 0 Å². The van der Waals surface area contributed by atoms with Crippen LogP contribution in [-0.2, 0) is 0 Å². The summed E-state index contributed by atoms with van der Waals surface area (Å²) in [5.74, 6) is 7.65. The van der Waals surface area contributed by atoms with Gasteiger partial charge in [-0.05, 0) is 24.8 Å². The van der Waals surface area contributed by atoms with Gasteiger partial charge in [0.25, 0.3) is 5.95 Å². The molecule has 1 aliphatic heterocycles. The lowest BCUT2D eigenvalue weighted by Gasteiger charge is -2.30. The number of rotatable bonds is 3. The van der Waals surface area contributed by atoms with Crippen LogP contribution in [-0.4, -0.2) is 37.8 Å². The molecule has 2 aromatic rings. The summed E-state index contributed by atoms with van der Waals surface area (Å²) in [6.07, 6.45) is 5.77. The van der Waals surface area contributed by atoms with Crippen molar-refractivity contribution in [2.45, 2.75) is 19.8 Å². The Morgan fingerprint density at radius 2 is 1.95 bits per heavy atom. The van der Waals surface area contributed by atoms with Gasteiger partial charge in [0.2, 0.25) is 11.9 Å². The second-order valence-electron chi connectivity index (χ2n) is 5.02. The smallest absolute Gasteiger partial charge is 0.257 e. The van der Waals surface area contributed by atoms with Gasteiger partial charge in [-0.15, -0.1) is 0 Å². The number of piperidine rings is 1. The second-order valence-corrected chi connectivity index (χ2v) is 5.02. The molecule has 8 heteroatoms. The molecule has 0 unspecified atom stereocenters. The molecule has 8 nitrogen and oxygen atoms in total. The molecule has 1 saturated heterocycles. The lowest BCUT2D eigenvalue weighted by Crippen LogP contribution is -2.34. The number of nitrogen functional groups attached to an aromatic ring is 1. The van der Waals surface area contributed by atoms with E-state index in [1.54, 1.807) is 17.1 Å². The van der Waals surface area contributed by atoms with E-state index >= 15 is 0 Å². The number of anilines is 2. The highest BCUT2D eigenvalue weighted by Crippen LogP contribution is 2.21. The summed E-state index contributed by atoms with van der Waals surface area (Å²) < 4.78 is 1.60. The first-order valence-corrected chi connectivity index (χ1v) is 6.74. The number of hydrazine groups is 1. The van der Waals surface area contributed by atoms with Gasteiger partial charge in [0.05, 0.1) is 0 Å². The van der Waals surface area contributed by atoms with Crippen LogP contribution in [0.3, 0.4) is 0 Å². The molecule has 3 heterocycles. The molecule has 0 radical (unpaired) electrons. The minimum Gasteiger partial charge on any atom is -0.341 e. The predicted octanol–water partition coefficient (Wildman–Crippen LogP) is 0.579. The summed E-state index contributed by atoms with van der Waals surface area (Å²) in [6, 6.07) is 1.82. The molecule has 0 amide bonds. The Kier molecular flexibility index (Phi) is 3.46. The van der Waals surface area contributed by atoms with E-state index in [9.17, 15) is 0 Å². The minimum absolute atomic E-state index is 0.346. The first kappa shape index (κ1) is 12.8. The van der Waals surface area contributed by atoms with E-state index in [1.165, 1.54) is 0 Å². The molecular formula is C12H18N8. The highest BCUT2D eigenvalue weighted by Gasteiger charge is 2.19. The Morgan fingerprint density at radius 1 is 1.20 bits per heavy atom. The number of nitrogens with zero attached hydrogens (tertiary/aromatic N) is 6. The Morgan fingerprint density at radius 3 is 2.60 bits per heavy atom. The van der Waals surface area contributed by atoms with Crippen LogP contribution < -0.4 is 16.2 Å². The van der Waals surface area contributed by atoms with E-state index in [0.29, 0.717) is 17.8 Å². The van der Waals surface area contributed by atoms with Gasteiger partial charge in [-0.3, -0.25) is 5.43 Å². The molecule has 0 aliphatic carbocycles. The van der Waals surface area contributed by atoms with E-state index in [-0.39, 0.29) is 0 Å². The van der Waals surface area contributed by atoms with E-state index in [4.69, 9.17) is 5.84 Å². The van der Waals surface area contributed by atoms with Crippen molar-refractivity contribution in [3.8, 4) is 5.95 Å². The third kappa shape index (κ3) is 2.55. The minimum atomic E-state index is 0.346. The first-order valence-electron chi connectivity index (χ1n) is 6.74. The average Bonchev–Trinajstić information content (AvgIpc) is 3.02. The lowest BCUT2D eigenvalue weighted by atomic mass is 10.00. The summed E-state index contributed by atoms with van der Waals surface area (Å²) in [5, 5.41) is 4.14. The number of aromatic nitrogens is 5. The summed E-state index contributed by atoms with van der Waals surface area (Å²) in [5.41, 5.74) is 2.49. The highest BCUT2D eigenvalue weighted by atomic mass is 15.4. The molecule has 0 spiro atoms. The quantitative estimate of drug-likeness (QED) is 0.624. The fourth-order valence-electron chi connectivity index (χ4n) is 2.26. The van der Waals surface area contributed by atoms with Crippen molar-refractivity contribution in [3.63, 3.8) is 0 Å². The second kappa shape index (κ2) is 5.41. The molecule has 1 aliphatic rings. The zero-order chi connectivity index (χ0) is 13.9. The van der Waals surface area contributed by atoms with Gasteiger partial charge in [-0.2, -0.15) is 20.1 Å². The van der Waals surface area contributed by atoms with Crippen LogP contribution in [0, 0.1) is 5.92 Å². The zero-order valence-corrected chi connectivity index (χ0v) is 11.4. The van der Waals surface area contributed by atoms with Crippen LogP contribution in [0.1, 0.15) is 19.8 Å². The third-order valence-corrected chi connectivity index (χ3v) is 3.52. The van der Waals surface area contributed by atoms with Crippen molar-refractivity contribution in [1.82, 2.24) is 24.7 Å². The molecule has 0 bridgehead atoms. The van der Waals surface area contributed by atoms with E-state index in [0.717, 1.165) is 31.8 Å². The van der Waals surface area contributed by atoms with E-state index < -0.39 is 0 Å². The van der Waals surface area contributed by atoms with Crippen molar-refractivity contribution >= 4 is 11.9 Å². The van der Waals surface area contributed by atoms with Crippen LogP contribution in [0.15, 0.2) is 18.5 Å². The Balaban J connectivity index is 1.92. The number of hydrogen-bond donors (Lipinski definition) is 2. The van der Waals surface area contributed by atoms with Crippen LogP contribution in [0.25, 0.3) is 5.95 Å². The van der Waals surface area contributed by atoms with Gasteiger partial charge in [0, 0.05) is 25.5 Å². The molecule has 0 atom stereocenters. The van der Waals surface area contributed by atoms with Crippen molar-refractivity contribution in [1.29, 1.82) is 0 Å². The molecular weight excluding hydrogens is 256 g/mol. The molecule has 3 N–H and O–H groups in total. The molecule has 0 saturated carbocycles.